The Morgan fingerprint density at radius 3 is 2.21 bits per heavy atom. The molecule has 0 heterocycles. The molecule has 13 heteroatoms. The van der Waals surface area contributed by atoms with Crippen molar-refractivity contribution in [1.82, 2.24) is 0 Å². The first-order chi connectivity index (χ1) is 16.0. The fourth-order valence-corrected chi connectivity index (χ4v) is 3.49. The van der Waals surface area contributed by atoms with E-state index in [0.717, 1.165) is 6.07 Å². The van der Waals surface area contributed by atoms with Gasteiger partial charge in [0.15, 0.2) is 11.5 Å². The molecule has 176 valence electrons. The van der Waals surface area contributed by atoms with E-state index in [-0.39, 0.29) is 22.9 Å². The number of rotatable bonds is 7. The number of nitro benzene ring substituents is 2. The molecule has 0 aromatic heterocycles. The Labute approximate surface area is 203 Å². The third-order valence-electron chi connectivity index (χ3n) is 4.37. The number of methoxy groups -OCH3 is 1. The van der Waals surface area contributed by atoms with Gasteiger partial charge in [-0.25, -0.2) is 0 Å². The Bertz CT molecular complexity index is 1280. The largest absolute Gasteiger partial charge is 0.493 e. The van der Waals surface area contributed by atoms with Crippen LogP contribution in [0, 0.1) is 23.8 Å². The minimum atomic E-state index is -4.75. The lowest BCUT2D eigenvalue weighted by Crippen LogP contribution is -2.06. The van der Waals surface area contributed by atoms with Crippen molar-refractivity contribution in [3.05, 3.63) is 89.5 Å². The van der Waals surface area contributed by atoms with Crippen LogP contribution in [0.3, 0.4) is 0 Å². The Morgan fingerprint density at radius 1 is 0.971 bits per heavy atom. The summed E-state index contributed by atoms with van der Waals surface area (Å²) in [4.78, 5) is 24.8. The highest BCUT2D eigenvalue weighted by Gasteiger charge is 2.33. The predicted molar refractivity (Wildman–Crippen MR) is 124 cm³/mol. The number of non-ortho nitro benzene ring substituents is 1. The first-order valence-corrected chi connectivity index (χ1v) is 10.3. The summed E-state index contributed by atoms with van der Waals surface area (Å²) in [6.07, 6.45) is -3.28. The number of aliphatic imine (C=N–C) groups is 1. The molecule has 0 aliphatic rings. The molecule has 3 aromatic carbocycles. The van der Waals surface area contributed by atoms with Crippen LogP contribution in [-0.2, 0) is 6.18 Å². The first-order valence-electron chi connectivity index (χ1n) is 9.19. The fraction of sp³-hybridized carbons (Fsp3) is 0.0952. The second kappa shape index (κ2) is 10.0. The van der Waals surface area contributed by atoms with E-state index < -0.39 is 27.3 Å². The smallest absolute Gasteiger partial charge is 0.416 e. The average molecular weight is 587 g/mol. The molecule has 0 amide bonds. The molecule has 0 saturated heterocycles. The van der Waals surface area contributed by atoms with Crippen molar-refractivity contribution in [2.45, 2.75) is 6.18 Å². The molecule has 0 saturated carbocycles. The van der Waals surface area contributed by atoms with E-state index in [4.69, 9.17) is 9.47 Å². The molecule has 0 unspecified atom stereocenters. The number of benzene rings is 3. The van der Waals surface area contributed by atoms with Crippen LogP contribution < -0.4 is 9.47 Å². The maximum atomic E-state index is 12.9. The Morgan fingerprint density at radius 2 is 1.65 bits per heavy atom. The van der Waals surface area contributed by atoms with E-state index in [9.17, 15) is 33.4 Å². The number of nitrogens with zero attached hydrogens (tertiary/aromatic N) is 3. The number of alkyl halides is 3. The standard InChI is InChI=1S/C21H13F3IN3O6/c1-33-19-9-12(11-26-14-3-5-15(6-4-14)27(29)30)8-16(25)20(19)34-18-7-2-13(21(22,23)24)10-17(18)28(31)32/h2-11H,1H3. The molecule has 0 radical (unpaired) electrons. The van der Waals surface area contributed by atoms with Crippen LogP contribution in [0.5, 0.6) is 17.2 Å². The molecule has 0 N–H and O–H groups in total. The highest BCUT2D eigenvalue weighted by Crippen LogP contribution is 2.42. The van der Waals surface area contributed by atoms with Crippen molar-refractivity contribution in [1.29, 1.82) is 0 Å². The Hall–Kier alpha value is -3.75. The lowest BCUT2D eigenvalue weighted by molar-refractivity contribution is -0.385. The molecule has 0 bridgehead atoms. The van der Waals surface area contributed by atoms with Crippen LogP contribution in [0.25, 0.3) is 0 Å². The summed E-state index contributed by atoms with van der Waals surface area (Å²) < 4.78 is 50.2. The monoisotopic (exact) mass is 587 g/mol. The summed E-state index contributed by atoms with van der Waals surface area (Å²) in [5.41, 5.74) is -1.09. The highest BCUT2D eigenvalue weighted by molar-refractivity contribution is 14.1. The van der Waals surface area contributed by atoms with Gasteiger partial charge in [0.05, 0.1) is 31.8 Å². The van der Waals surface area contributed by atoms with Crippen molar-refractivity contribution < 1.29 is 32.5 Å². The van der Waals surface area contributed by atoms with Gasteiger partial charge in [-0.1, -0.05) is 0 Å². The van der Waals surface area contributed by atoms with E-state index in [2.05, 4.69) is 4.99 Å². The molecule has 0 aliphatic carbocycles. The van der Waals surface area contributed by atoms with E-state index in [1.165, 1.54) is 43.7 Å². The predicted octanol–water partition coefficient (Wildman–Crippen LogP) is 6.68. The van der Waals surface area contributed by atoms with Crippen LogP contribution in [0.4, 0.5) is 30.2 Å². The summed E-state index contributed by atoms with van der Waals surface area (Å²) in [6, 6.07) is 10.7. The maximum Gasteiger partial charge on any atom is 0.416 e. The van der Waals surface area contributed by atoms with Crippen molar-refractivity contribution in [3.63, 3.8) is 0 Å². The summed E-state index contributed by atoms with van der Waals surface area (Å²) >= 11 is 1.88. The van der Waals surface area contributed by atoms with Crippen LogP contribution in [0.2, 0.25) is 0 Å². The van der Waals surface area contributed by atoms with Gasteiger partial charge in [0, 0.05) is 24.4 Å². The summed E-state index contributed by atoms with van der Waals surface area (Å²) in [5.74, 6) is -0.161. The third kappa shape index (κ3) is 5.78. The summed E-state index contributed by atoms with van der Waals surface area (Å²) in [7, 11) is 1.33. The summed E-state index contributed by atoms with van der Waals surface area (Å²) in [5, 5.41) is 22.1. The minimum Gasteiger partial charge on any atom is -0.493 e. The zero-order valence-corrected chi connectivity index (χ0v) is 19.2. The van der Waals surface area contributed by atoms with Crippen molar-refractivity contribution in [2.75, 3.05) is 7.11 Å². The number of halogens is 4. The molecule has 0 atom stereocenters. The van der Waals surface area contributed by atoms with Crippen molar-refractivity contribution in [2.24, 2.45) is 4.99 Å². The van der Waals surface area contributed by atoms with Gasteiger partial charge < -0.3 is 9.47 Å². The second-order valence-electron chi connectivity index (χ2n) is 6.61. The van der Waals surface area contributed by atoms with E-state index >= 15 is 0 Å². The number of hydrogen-bond acceptors (Lipinski definition) is 7. The summed E-state index contributed by atoms with van der Waals surface area (Å²) in [6.45, 7) is 0. The highest BCUT2D eigenvalue weighted by atomic mass is 127. The van der Waals surface area contributed by atoms with Gasteiger partial charge in [0.1, 0.15) is 0 Å². The molecule has 3 rings (SSSR count). The number of ether oxygens (including phenoxy) is 2. The van der Waals surface area contributed by atoms with Gasteiger partial charge in [-0.3, -0.25) is 25.2 Å². The molecule has 0 fully saturated rings. The molecule has 34 heavy (non-hydrogen) atoms. The maximum absolute atomic E-state index is 12.9. The van der Waals surface area contributed by atoms with E-state index in [0.29, 0.717) is 27.0 Å². The van der Waals surface area contributed by atoms with Gasteiger partial charge in [0.25, 0.3) is 5.69 Å². The van der Waals surface area contributed by atoms with Gasteiger partial charge in [-0.05, 0) is 64.6 Å². The molecule has 0 aliphatic heterocycles. The van der Waals surface area contributed by atoms with Gasteiger partial charge in [0.2, 0.25) is 5.75 Å². The molecular formula is C21H13F3IN3O6. The molecule has 9 nitrogen and oxygen atoms in total. The lowest BCUT2D eigenvalue weighted by Gasteiger charge is -2.14. The fourth-order valence-electron chi connectivity index (χ4n) is 2.76. The quantitative estimate of drug-likeness (QED) is 0.132. The Kier molecular flexibility index (Phi) is 7.34. The zero-order valence-electron chi connectivity index (χ0n) is 17.1. The minimum absolute atomic E-state index is 0.0680. The SMILES string of the molecule is COc1cc(C=Nc2ccc([N+](=O)[O-])cc2)cc(I)c1Oc1ccc(C(F)(F)F)cc1[N+](=O)[O-]. The molecule has 3 aromatic rings. The van der Waals surface area contributed by atoms with Gasteiger partial charge in [-0.2, -0.15) is 13.2 Å². The van der Waals surface area contributed by atoms with E-state index in [1.54, 1.807) is 6.07 Å². The van der Waals surface area contributed by atoms with Gasteiger partial charge >= 0.3 is 11.9 Å². The van der Waals surface area contributed by atoms with Crippen LogP contribution in [0.15, 0.2) is 59.6 Å². The van der Waals surface area contributed by atoms with Crippen LogP contribution in [0.1, 0.15) is 11.1 Å². The van der Waals surface area contributed by atoms with Crippen LogP contribution in [-0.4, -0.2) is 23.2 Å². The van der Waals surface area contributed by atoms with Crippen molar-refractivity contribution >= 4 is 45.9 Å². The van der Waals surface area contributed by atoms with Crippen LogP contribution >= 0.6 is 22.6 Å². The van der Waals surface area contributed by atoms with Gasteiger partial charge in [-0.15, -0.1) is 0 Å². The molecule has 0 spiro atoms. The number of hydrogen-bond donors (Lipinski definition) is 0. The lowest BCUT2D eigenvalue weighted by atomic mass is 10.1. The normalized spacial score (nSPS) is 11.4. The Balaban J connectivity index is 1.92. The van der Waals surface area contributed by atoms with E-state index in [1.807, 2.05) is 22.6 Å². The topological polar surface area (TPSA) is 117 Å². The first kappa shape index (κ1) is 24.9. The third-order valence-corrected chi connectivity index (χ3v) is 5.17. The molecular weight excluding hydrogens is 574 g/mol. The zero-order chi connectivity index (χ0) is 25.0. The van der Waals surface area contributed by atoms with Crippen molar-refractivity contribution in [3.8, 4) is 17.2 Å². The average Bonchev–Trinajstić information content (AvgIpc) is 2.78. The second-order valence-corrected chi connectivity index (χ2v) is 7.77. The number of nitro groups is 2.